The fourth-order valence-corrected chi connectivity index (χ4v) is 3.44. The molecule has 0 bridgehead atoms. The number of urea groups is 1. The molecule has 0 aliphatic carbocycles. The molecule has 1 aromatic carbocycles. The van der Waals surface area contributed by atoms with Crippen LogP contribution in [0.2, 0.25) is 0 Å². The summed E-state index contributed by atoms with van der Waals surface area (Å²) in [7, 11) is 3.23. The minimum Gasteiger partial charge on any atom is -0.497 e. The zero-order valence-corrected chi connectivity index (χ0v) is 16.9. The lowest BCUT2D eigenvalue weighted by Gasteiger charge is -2.40. The number of rotatable bonds is 5. The number of methoxy groups -OCH3 is 2. The maximum absolute atomic E-state index is 12.7. The molecule has 1 aromatic heterocycles. The third kappa shape index (κ3) is 4.47. The SMILES string of the molecule is COc1ccc(CNC(=O)N2CCN(c3cccc(C)n3)C[C@@H]2C)c(OC)c1. The van der Waals surface area contributed by atoms with Gasteiger partial charge in [-0.2, -0.15) is 0 Å². The number of aromatic nitrogens is 1. The molecule has 0 radical (unpaired) electrons. The smallest absolute Gasteiger partial charge is 0.318 e. The summed E-state index contributed by atoms with van der Waals surface area (Å²) in [5.41, 5.74) is 1.91. The van der Waals surface area contributed by atoms with Crippen LogP contribution >= 0.6 is 0 Å². The van der Waals surface area contributed by atoms with E-state index >= 15 is 0 Å². The van der Waals surface area contributed by atoms with Gasteiger partial charge < -0.3 is 24.6 Å². The van der Waals surface area contributed by atoms with E-state index in [2.05, 4.69) is 22.1 Å². The van der Waals surface area contributed by atoms with Crippen LogP contribution in [-0.2, 0) is 6.54 Å². The zero-order valence-electron chi connectivity index (χ0n) is 16.9. The van der Waals surface area contributed by atoms with Crippen molar-refractivity contribution in [3.63, 3.8) is 0 Å². The molecule has 2 heterocycles. The number of pyridine rings is 1. The van der Waals surface area contributed by atoms with Gasteiger partial charge in [0.2, 0.25) is 0 Å². The van der Waals surface area contributed by atoms with Crippen molar-refractivity contribution in [2.75, 3.05) is 38.8 Å². The normalized spacial score (nSPS) is 16.6. The lowest BCUT2D eigenvalue weighted by Crippen LogP contribution is -2.56. The quantitative estimate of drug-likeness (QED) is 0.859. The van der Waals surface area contributed by atoms with Crippen LogP contribution in [0.15, 0.2) is 36.4 Å². The molecule has 1 atom stereocenters. The van der Waals surface area contributed by atoms with Gasteiger partial charge in [0, 0.05) is 49.5 Å². The van der Waals surface area contributed by atoms with Crippen molar-refractivity contribution in [2.24, 2.45) is 0 Å². The molecule has 0 saturated carbocycles. The molecule has 2 amide bonds. The number of amides is 2. The number of ether oxygens (including phenoxy) is 2. The van der Waals surface area contributed by atoms with E-state index in [1.807, 2.05) is 48.2 Å². The Morgan fingerprint density at radius 2 is 2.04 bits per heavy atom. The Hall–Kier alpha value is -2.96. The molecule has 1 aliphatic heterocycles. The summed E-state index contributed by atoms with van der Waals surface area (Å²) >= 11 is 0. The van der Waals surface area contributed by atoms with Gasteiger partial charge in [0.25, 0.3) is 0 Å². The van der Waals surface area contributed by atoms with Gasteiger partial charge >= 0.3 is 6.03 Å². The molecule has 3 rings (SSSR count). The first-order valence-electron chi connectivity index (χ1n) is 9.45. The van der Waals surface area contributed by atoms with Gasteiger partial charge in [0.05, 0.1) is 14.2 Å². The van der Waals surface area contributed by atoms with E-state index in [-0.39, 0.29) is 12.1 Å². The molecule has 1 aliphatic rings. The van der Waals surface area contributed by atoms with Gasteiger partial charge in [0.15, 0.2) is 0 Å². The second-order valence-electron chi connectivity index (χ2n) is 6.96. The molecule has 1 fully saturated rings. The van der Waals surface area contributed by atoms with E-state index in [1.54, 1.807) is 14.2 Å². The van der Waals surface area contributed by atoms with Crippen molar-refractivity contribution in [3.05, 3.63) is 47.7 Å². The Balaban J connectivity index is 1.58. The number of benzene rings is 1. The average molecular weight is 384 g/mol. The minimum absolute atomic E-state index is 0.0674. The molecule has 7 nitrogen and oxygen atoms in total. The van der Waals surface area contributed by atoms with Crippen LogP contribution < -0.4 is 19.7 Å². The second-order valence-corrected chi connectivity index (χ2v) is 6.96. The van der Waals surface area contributed by atoms with E-state index in [9.17, 15) is 4.79 Å². The highest BCUT2D eigenvalue weighted by molar-refractivity contribution is 5.75. The largest absolute Gasteiger partial charge is 0.497 e. The van der Waals surface area contributed by atoms with Crippen LogP contribution in [0.3, 0.4) is 0 Å². The van der Waals surface area contributed by atoms with Crippen LogP contribution in [0.25, 0.3) is 0 Å². The predicted molar refractivity (Wildman–Crippen MR) is 109 cm³/mol. The second kappa shape index (κ2) is 8.82. The van der Waals surface area contributed by atoms with E-state index in [4.69, 9.17) is 9.47 Å². The third-order valence-electron chi connectivity index (χ3n) is 5.01. The Morgan fingerprint density at radius 1 is 1.21 bits per heavy atom. The number of aryl methyl sites for hydroxylation is 1. The van der Waals surface area contributed by atoms with Crippen molar-refractivity contribution in [1.82, 2.24) is 15.2 Å². The first-order chi connectivity index (χ1) is 13.5. The summed E-state index contributed by atoms with van der Waals surface area (Å²) in [4.78, 5) is 21.4. The summed E-state index contributed by atoms with van der Waals surface area (Å²) in [6.07, 6.45) is 0. The summed E-state index contributed by atoms with van der Waals surface area (Å²) in [6.45, 7) is 6.64. The van der Waals surface area contributed by atoms with E-state index in [1.165, 1.54) is 0 Å². The molecule has 28 heavy (non-hydrogen) atoms. The molecular weight excluding hydrogens is 356 g/mol. The number of anilines is 1. The highest BCUT2D eigenvalue weighted by Crippen LogP contribution is 2.24. The number of carbonyl (C=O) groups is 1. The first kappa shape index (κ1) is 19.8. The van der Waals surface area contributed by atoms with E-state index in [0.717, 1.165) is 35.9 Å². The van der Waals surface area contributed by atoms with Crippen LogP contribution in [0, 0.1) is 6.92 Å². The van der Waals surface area contributed by atoms with Gasteiger partial charge in [-0.15, -0.1) is 0 Å². The average Bonchev–Trinajstić information content (AvgIpc) is 2.71. The summed E-state index contributed by atoms with van der Waals surface area (Å²) in [5.74, 6) is 2.39. The van der Waals surface area contributed by atoms with Crippen molar-refractivity contribution in [2.45, 2.75) is 26.4 Å². The summed E-state index contributed by atoms with van der Waals surface area (Å²) in [5, 5.41) is 3.01. The molecule has 7 heteroatoms. The predicted octanol–water partition coefficient (Wildman–Crippen LogP) is 2.83. The molecule has 1 saturated heterocycles. The Morgan fingerprint density at radius 3 is 2.71 bits per heavy atom. The standard InChI is InChI=1S/C21H28N4O3/c1-15-6-5-7-20(23-15)24-10-11-25(16(2)14-24)21(26)22-13-17-8-9-18(27-3)12-19(17)28-4/h5-9,12,16H,10-11,13-14H2,1-4H3,(H,22,26)/t16-/m0/s1. The van der Waals surface area contributed by atoms with Gasteiger partial charge in [-0.25, -0.2) is 9.78 Å². The molecule has 0 unspecified atom stereocenters. The van der Waals surface area contributed by atoms with Crippen molar-refractivity contribution in [1.29, 1.82) is 0 Å². The number of hydrogen-bond donors (Lipinski definition) is 1. The molecular formula is C21H28N4O3. The third-order valence-corrected chi connectivity index (χ3v) is 5.01. The van der Waals surface area contributed by atoms with E-state index in [0.29, 0.717) is 18.8 Å². The lowest BCUT2D eigenvalue weighted by atomic mass is 10.1. The maximum Gasteiger partial charge on any atom is 0.318 e. The van der Waals surface area contributed by atoms with Crippen molar-refractivity contribution >= 4 is 11.8 Å². The fraction of sp³-hybridized carbons (Fsp3) is 0.429. The topological polar surface area (TPSA) is 66.9 Å². The molecule has 2 aromatic rings. The Kier molecular flexibility index (Phi) is 6.23. The van der Waals surface area contributed by atoms with Crippen molar-refractivity contribution < 1.29 is 14.3 Å². The van der Waals surface area contributed by atoms with E-state index < -0.39 is 0 Å². The monoisotopic (exact) mass is 384 g/mol. The first-order valence-corrected chi connectivity index (χ1v) is 9.45. The van der Waals surface area contributed by atoms with Gasteiger partial charge in [-0.1, -0.05) is 6.07 Å². The zero-order chi connectivity index (χ0) is 20.1. The van der Waals surface area contributed by atoms with Crippen molar-refractivity contribution in [3.8, 4) is 11.5 Å². The van der Waals surface area contributed by atoms with Crippen LogP contribution in [0.4, 0.5) is 10.6 Å². The lowest BCUT2D eigenvalue weighted by molar-refractivity contribution is 0.171. The number of nitrogens with zero attached hydrogens (tertiary/aromatic N) is 3. The minimum atomic E-state index is -0.0674. The summed E-state index contributed by atoms with van der Waals surface area (Å²) < 4.78 is 10.6. The fourth-order valence-electron chi connectivity index (χ4n) is 3.44. The molecule has 150 valence electrons. The highest BCUT2D eigenvalue weighted by Gasteiger charge is 2.28. The molecule has 0 spiro atoms. The maximum atomic E-state index is 12.7. The van der Waals surface area contributed by atoms with Crippen LogP contribution in [-0.4, -0.2) is 55.8 Å². The Labute approximate surface area is 166 Å². The molecule has 1 N–H and O–H groups in total. The van der Waals surface area contributed by atoms with Gasteiger partial charge in [-0.05, 0) is 38.1 Å². The Bertz CT molecular complexity index is 827. The number of nitrogens with one attached hydrogen (secondary N) is 1. The number of hydrogen-bond acceptors (Lipinski definition) is 5. The van der Waals surface area contributed by atoms with Gasteiger partial charge in [0.1, 0.15) is 17.3 Å². The van der Waals surface area contributed by atoms with Crippen LogP contribution in [0.5, 0.6) is 11.5 Å². The number of carbonyl (C=O) groups excluding carboxylic acids is 1. The van der Waals surface area contributed by atoms with Crippen LogP contribution in [0.1, 0.15) is 18.2 Å². The highest BCUT2D eigenvalue weighted by atomic mass is 16.5. The number of piperazine rings is 1. The van der Waals surface area contributed by atoms with Gasteiger partial charge in [-0.3, -0.25) is 0 Å². The summed E-state index contributed by atoms with van der Waals surface area (Å²) in [6, 6.07) is 11.6.